The molecule has 1 fully saturated rings. The number of hydrogen-bond donors (Lipinski definition) is 3. The number of allylic oxidation sites excluding steroid dienone is 1. The average molecular weight is 589 g/mol. The van der Waals surface area contributed by atoms with Crippen molar-refractivity contribution in [3.05, 3.63) is 101 Å². The maximum atomic E-state index is 13.5. The number of nitriles is 1. The molecule has 2 aliphatic rings. The van der Waals surface area contributed by atoms with Crippen LogP contribution in [0.4, 0.5) is 5.69 Å². The number of fused-ring (bicyclic) bond motifs is 3. The molecule has 3 aromatic carbocycles. The van der Waals surface area contributed by atoms with Gasteiger partial charge < -0.3 is 16.0 Å². The quantitative estimate of drug-likeness (QED) is 0.256. The number of benzene rings is 3. The molecular formula is C36H36N4O4. The number of nitrogens with one attached hydrogen (secondary N) is 3. The molecule has 1 aliphatic carbocycles. The molecule has 5 rings (SSSR count). The number of amides is 1. The SMILES string of the molecule is CC(Cc1cccc(C2CC(=O)/C(=C/NC(C)(C)C)C(=O)C2(C)C#N)c1)N/C=C1/C(=O)Nc2c(ccc3ccccc23)C1=O. The zero-order chi connectivity index (χ0) is 31.8. The Morgan fingerprint density at radius 3 is 2.50 bits per heavy atom. The topological polar surface area (TPSA) is 128 Å². The lowest BCUT2D eigenvalue weighted by molar-refractivity contribution is -0.130. The van der Waals surface area contributed by atoms with Crippen LogP contribution < -0.4 is 16.0 Å². The Morgan fingerprint density at radius 1 is 1.02 bits per heavy atom. The molecule has 0 radical (unpaired) electrons. The van der Waals surface area contributed by atoms with Crippen molar-refractivity contribution in [1.29, 1.82) is 5.26 Å². The molecule has 0 bridgehead atoms. The van der Waals surface area contributed by atoms with E-state index in [1.807, 2.05) is 82.3 Å². The third-order valence-electron chi connectivity index (χ3n) is 8.29. The minimum Gasteiger partial charge on any atom is -0.387 e. The fraction of sp³-hybridized carbons (Fsp3) is 0.306. The summed E-state index contributed by atoms with van der Waals surface area (Å²) in [5.74, 6) is -2.17. The van der Waals surface area contributed by atoms with Gasteiger partial charge in [-0.2, -0.15) is 5.26 Å². The summed E-state index contributed by atoms with van der Waals surface area (Å²) in [6.07, 6.45) is 3.50. The number of rotatable bonds is 6. The molecule has 0 saturated heterocycles. The molecule has 1 amide bonds. The predicted octanol–water partition coefficient (Wildman–Crippen LogP) is 5.51. The Morgan fingerprint density at radius 2 is 1.77 bits per heavy atom. The molecule has 3 atom stereocenters. The number of hydrogen-bond acceptors (Lipinski definition) is 7. The van der Waals surface area contributed by atoms with Crippen LogP contribution in [-0.4, -0.2) is 34.8 Å². The van der Waals surface area contributed by atoms with Gasteiger partial charge in [-0.1, -0.05) is 54.6 Å². The smallest absolute Gasteiger partial charge is 0.261 e. The Bertz CT molecular complexity index is 1810. The molecule has 1 aliphatic heterocycles. The summed E-state index contributed by atoms with van der Waals surface area (Å²) >= 11 is 0. The van der Waals surface area contributed by atoms with E-state index in [1.54, 1.807) is 13.0 Å². The van der Waals surface area contributed by atoms with Crippen molar-refractivity contribution >= 4 is 39.7 Å². The summed E-state index contributed by atoms with van der Waals surface area (Å²) in [7, 11) is 0. The lowest BCUT2D eigenvalue weighted by atomic mass is 9.63. The highest BCUT2D eigenvalue weighted by molar-refractivity contribution is 6.36. The monoisotopic (exact) mass is 588 g/mol. The number of anilines is 1. The third-order valence-corrected chi connectivity index (χ3v) is 8.29. The molecule has 3 N–H and O–H groups in total. The lowest BCUT2D eigenvalue weighted by Crippen LogP contribution is -2.43. The van der Waals surface area contributed by atoms with Crippen LogP contribution in [0, 0.1) is 16.7 Å². The van der Waals surface area contributed by atoms with Crippen LogP contribution >= 0.6 is 0 Å². The third kappa shape index (κ3) is 5.78. The van der Waals surface area contributed by atoms with E-state index in [-0.39, 0.29) is 40.7 Å². The first-order valence-electron chi connectivity index (χ1n) is 14.7. The number of ketones is 3. The number of Topliss-reactive ketones (excluding diaryl/α,β-unsaturated/α-hetero) is 3. The molecule has 1 saturated carbocycles. The molecule has 224 valence electrons. The molecule has 1 heterocycles. The number of carbonyl (C=O) groups excluding carboxylic acids is 4. The first-order chi connectivity index (χ1) is 20.8. The Labute approximate surface area is 257 Å². The number of nitrogens with zero attached hydrogens (tertiary/aromatic N) is 1. The summed E-state index contributed by atoms with van der Waals surface area (Å²) in [6, 6.07) is 20.8. The number of carbonyl (C=O) groups is 4. The van der Waals surface area contributed by atoms with E-state index >= 15 is 0 Å². The van der Waals surface area contributed by atoms with Crippen LogP contribution in [0.15, 0.2) is 84.2 Å². The van der Waals surface area contributed by atoms with Gasteiger partial charge in [0, 0.05) is 47.3 Å². The van der Waals surface area contributed by atoms with Gasteiger partial charge in [-0.3, -0.25) is 19.2 Å². The van der Waals surface area contributed by atoms with Gasteiger partial charge in [0.25, 0.3) is 5.91 Å². The van der Waals surface area contributed by atoms with Gasteiger partial charge >= 0.3 is 0 Å². The molecular weight excluding hydrogens is 552 g/mol. The van der Waals surface area contributed by atoms with Gasteiger partial charge in [0.15, 0.2) is 11.6 Å². The lowest BCUT2D eigenvalue weighted by Gasteiger charge is -2.35. The van der Waals surface area contributed by atoms with Crippen LogP contribution in [0.1, 0.15) is 68.4 Å². The Hall–Kier alpha value is -5.03. The van der Waals surface area contributed by atoms with Crippen LogP contribution in [0.3, 0.4) is 0 Å². The first-order valence-corrected chi connectivity index (χ1v) is 14.7. The van der Waals surface area contributed by atoms with Gasteiger partial charge in [-0.05, 0) is 63.6 Å². The maximum Gasteiger partial charge on any atom is 0.261 e. The zero-order valence-electron chi connectivity index (χ0n) is 25.6. The van der Waals surface area contributed by atoms with Gasteiger partial charge in [-0.15, -0.1) is 0 Å². The minimum absolute atomic E-state index is 0.0272. The molecule has 3 aromatic rings. The van der Waals surface area contributed by atoms with Crippen LogP contribution in [0.5, 0.6) is 0 Å². The second-order valence-corrected chi connectivity index (χ2v) is 12.8. The highest BCUT2D eigenvalue weighted by atomic mass is 16.2. The van der Waals surface area contributed by atoms with Crippen molar-refractivity contribution in [2.75, 3.05) is 5.32 Å². The largest absolute Gasteiger partial charge is 0.387 e. The van der Waals surface area contributed by atoms with E-state index in [1.165, 1.54) is 12.4 Å². The van der Waals surface area contributed by atoms with Gasteiger partial charge in [0.05, 0.1) is 17.3 Å². The van der Waals surface area contributed by atoms with Crippen LogP contribution in [0.2, 0.25) is 0 Å². The van der Waals surface area contributed by atoms with Crippen LogP contribution in [0.25, 0.3) is 10.8 Å². The van der Waals surface area contributed by atoms with Crippen molar-refractivity contribution in [2.24, 2.45) is 5.41 Å². The predicted molar refractivity (Wildman–Crippen MR) is 170 cm³/mol. The summed E-state index contributed by atoms with van der Waals surface area (Å²) in [5, 5.41) is 21.0. The fourth-order valence-electron chi connectivity index (χ4n) is 5.81. The van der Waals surface area contributed by atoms with E-state index < -0.39 is 23.0 Å². The summed E-state index contributed by atoms with van der Waals surface area (Å²) in [6.45, 7) is 9.31. The molecule has 8 heteroatoms. The Kier molecular flexibility index (Phi) is 8.00. The zero-order valence-corrected chi connectivity index (χ0v) is 25.6. The minimum atomic E-state index is -1.40. The van der Waals surface area contributed by atoms with Crippen LogP contribution in [-0.2, 0) is 20.8 Å². The van der Waals surface area contributed by atoms with E-state index in [4.69, 9.17) is 0 Å². The fourth-order valence-corrected chi connectivity index (χ4v) is 5.81. The Balaban J connectivity index is 1.32. The molecule has 3 unspecified atom stereocenters. The van der Waals surface area contributed by atoms with Crippen molar-refractivity contribution in [3.8, 4) is 6.07 Å². The van der Waals surface area contributed by atoms with Crippen molar-refractivity contribution in [2.45, 2.75) is 65.0 Å². The van der Waals surface area contributed by atoms with Gasteiger partial charge in [-0.25, -0.2) is 0 Å². The van der Waals surface area contributed by atoms with E-state index in [0.29, 0.717) is 17.7 Å². The van der Waals surface area contributed by atoms with E-state index in [0.717, 1.165) is 21.9 Å². The average Bonchev–Trinajstić information content (AvgIpc) is 2.98. The van der Waals surface area contributed by atoms with E-state index in [2.05, 4.69) is 22.0 Å². The van der Waals surface area contributed by atoms with Crippen molar-refractivity contribution in [3.63, 3.8) is 0 Å². The first kappa shape index (κ1) is 30.4. The molecule has 0 spiro atoms. The normalized spacial score (nSPS) is 22.9. The van der Waals surface area contributed by atoms with E-state index in [9.17, 15) is 24.4 Å². The molecule has 8 nitrogen and oxygen atoms in total. The molecule has 0 aromatic heterocycles. The summed E-state index contributed by atoms with van der Waals surface area (Å²) in [5.41, 5.74) is 0.957. The van der Waals surface area contributed by atoms with Gasteiger partial charge in [0.2, 0.25) is 5.78 Å². The summed E-state index contributed by atoms with van der Waals surface area (Å²) < 4.78 is 0. The molecule has 44 heavy (non-hydrogen) atoms. The maximum absolute atomic E-state index is 13.5. The second kappa shape index (κ2) is 11.6. The standard InChI is InChI=1S/C36H36N4O4/c1-21(38-18-28-32(42)26-14-13-23-10-6-7-12-25(23)31(26)40-34(28)44)15-22-9-8-11-24(16-22)29-17-30(41)27(19-39-35(2,3)4)33(43)36(29,5)20-37/h6-14,16,18-19,21,29,38-39H,15,17H2,1-5H3,(H,40,44)/b27-19-,28-18+. The summed E-state index contributed by atoms with van der Waals surface area (Å²) in [4.78, 5) is 52.7. The highest BCUT2D eigenvalue weighted by Crippen LogP contribution is 2.45. The van der Waals surface area contributed by atoms with Crippen molar-refractivity contribution in [1.82, 2.24) is 10.6 Å². The second-order valence-electron chi connectivity index (χ2n) is 12.8. The van der Waals surface area contributed by atoms with Crippen molar-refractivity contribution < 1.29 is 19.2 Å². The highest BCUT2D eigenvalue weighted by Gasteiger charge is 2.50. The van der Waals surface area contributed by atoms with Gasteiger partial charge in [0.1, 0.15) is 11.0 Å².